The third kappa shape index (κ3) is 8.04. The van der Waals surface area contributed by atoms with Crippen LogP contribution in [0.3, 0.4) is 0 Å². The normalized spacial score (nSPS) is 11.1. The Bertz CT molecular complexity index is 304. The van der Waals surface area contributed by atoms with E-state index in [2.05, 4.69) is 17.2 Å². The van der Waals surface area contributed by atoms with Crippen molar-refractivity contribution in [1.82, 2.24) is 10.3 Å². The van der Waals surface area contributed by atoms with Crippen molar-refractivity contribution in [3.8, 4) is 11.8 Å². The van der Waals surface area contributed by atoms with E-state index in [1.807, 2.05) is 20.8 Å². The average molecular weight is 223 g/mol. The molecule has 90 valence electrons. The number of likely N-dealkylation sites (N-methyl/N-ethyl adjacent to an activating group) is 1. The number of hydrogen-bond acceptors (Lipinski definition) is 3. The first-order valence-corrected chi connectivity index (χ1v) is 5.24. The molecule has 1 amide bonds. The highest BCUT2D eigenvalue weighted by molar-refractivity contribution is 5.77. The smallest absolute Gasteiger partial charge is 0.250 e. The highest BCUT2D eigenvalue weighted by Gasteiger charge is 2.05. The maximum absolute atomic E-state index is 11.2. The number of hydrogen-bond donors (Lipinski definition) is 2. The minimum atomic E-state index is -0.143. The Morgan fingerprint density at radius 3 is 2.62 bits per heavy atom. The van der Waals surface area contributed by atoms with E-state index >= 15 is 0 Å². The predicted octanol–water partition coefficient (Wildman–Crippen LogP) is 0.514. The first-order valence-electron chi connectivity index (χ1n) is 5.24. The van der Waals surface area contributed by atoms with Crippen LogP contribution >= 0.6 is 0 Å². The Morgan fingerprint density at radius 2 is 2.12 bits per heavy atom. The van der Waals surface area contributed by atoms with Crippen LogP contribution in [0.4, 0.5) is 0 Å². The molecule has 3 N–H and O–H groups in total. The van der Waals surface area contributed by atoms with E-state index in [4.69, 9.17) is 5.84 Å². The van der Waals surface area contributed by atoms with Crippen molar-refractivity contribution in [2.45, 2.75) is 20.8 Å². The van der Waals surface area contributed by atoms with Gasteiger partial charge in [-0.1, -0.05) is 17.9 Å². The summed E-state index contributed by atoms with van der Waals surface area (Å²) in [5.41, 5.74) is -0.00527. The van der Waals surface area contributed by atoms with Crippen molar-refractivity contribution in [1.29, 1.82) is 0 Å². The number of carbonyl (C=O) groups is 1. The molecule has 4 nitrogen and oxygen atoms in total. The van der Waals surface area contributed by atoms with Gasteiger partial charge in [-0.05, 0) is 33.9 Å². The van der Waals surface area contributed by atoms with Crippen LogP contribution in [-0.2, 0) is 4.79 Å². The third-order valence-electron chi connectivity index (χ3n) is 1.60. The van der Waals surface area contributed by atoms with Crippen LogP contribution in [0.5, 0.6) is 0 Å². The third-order valence-corrected chi connectivity index (χ3v) is 1.60. The standard InChI is InChI=1S/C12H21N3O/c1-12(2,3)8-6-5-7-9-15(13)11(16)10-14-4/h5,7,14H,9-10,13H2,1-4H3. The molecule has 16 heavy (non-hydrogen) atoms. The summed E-state index contributed by atoms with van der Waals surface area (Å²) < 4.78 is 0. The molecule has 0 saturated heterocycles. The van der Waals surface area contributed by atoms with Gasteiger partial charge in [0.25, 0.3) is 5.91 Å². The second-order valence-corrected chi connectivity index (χ2v) is 4.50. The average Bonchev–Trinajstić information content (AvgIpc) is 2.15. The molecule has 0 aliphatic heterocycles. The van der Waals surface area contributed by atoms with Gasteiger partial charge in [0.05, 0.1) is 13.1 Å². The summed E-state index contributed by atoms with van der Waals surface area (Å²) in [7, 11) is 1.70. The first-order chi connectivity index (χ1) is 7.37. The molecule has 0 radical (unpaired) electrons. The summed E-state index contributed by atoms with van der Waals surface area (Å²) in [5, 5.41) is 3.91. The Labute approximate surface area is 97.8 Å². The lowest BCUT2D eigenvalue weighted by molar-refractivity contribution is -0.129. The van der Waals surface area contributed by atoms with Crippen molar-refractivity contribution in [3.63, 3.8) is 0 Å². The van der Waals surface area contributed by atoms with Gasteiger partial charge in [0, 0.05) is 5.41 Å². The zero-order valence-electron chi connectivity index (χ0n) is 10.5. The molecule has 0 spiro atoms. The Kier molecular flexibility index (Phi) is 6.47. The van der Waals surface area contributed by atoms with Gasteiger partial charge >= 0.3 is 0 Å². The molecule has 0 aromatic heterocycles. The molecule has 0 aromatic carbocycles. The lowest BCUT2D eigenvalue weighted by atomic mass is 9.98. The Hall–Kier alpha value is -1.31. The van der Waals surface area contributed by atoms with Crippen LogP contribution in [0.2, 0.25) is 0 Å². The summed E-state index contributed by atoms with van der Waals surface area (Å²) in [4.78, 5) is 11.2. The van der Waals surface area contributed by atoms with Crippen LogP contribution < -0.4 is 11.2 Å². The SMILES string of the molecule is CNCC(=O)N(N)CC=CC#CC(C)(C)C. The molecule has 0 fully saturated rings. The molecule has 0 saturated carbocycles. The lowest BCUT2D eigenvalue weighted by Gasteiger charge is -2.13. The van der Waals surface area contributed by atoms with Crippen molar-refractivity contribution in [3.05, 3.63) is 12.2 Å². The van der Waals surface area contributed by atoms with Gasteiger partial charge in [-0.3, -0.25) is 9.80 Å². The van der Waals surface area contributed by atoms with Crippen LogP contribution in [0.15, 0.2) is 12.2 Å². The highest BCUT2D eigenvalue weighted by Crippen LogP contribution is 2.09. The van der Waals surface area contributed by atoms with Gasteiger partial charge < -0.3 is 5.32 Å². The number of hydrazine groups is 1. The first kappa shape index (κ1) is 14.7. The number of nitrogens with one attached hydrogen (secondary N) is 1. The van der Waals surface area contributed by atoms with Crippen molar-refractivity contribution >= 4 is 5.91 Å². The van der Waals surface area contributed by atoms with E-state index in [1.165, 1.54) is 0 Å². The second kappa shape index (κ2) is 7.04. The minimum Gasteiger partial charge on any atom is -0.311 e. The van der Waals surface area contributed by atoms with Gasteiger partial charge in [0.1, 0.15) is 0 Å². The number of nitrogens with zero attached hydrogens (tertiary/aromatic N) is 1. The summed E-state index contributed by atoms with van der Waals surface area (Å²) in [6, 6.07) is 0. The molecule has 0 aromatic rings. The van der Waals surface area contributed by atoms with Crippen molar-refractivity contribution in [2.75, 3.05) is 20.1 Å². The number of nitrogens with two attached hydrogens (primary N) is 1. The zero-order chi connectivity index (χ0) is 12.6. The second-order valence-electron chi connectivity index (χ2n) is 4.50. The molecule has 0 heterocycles. The Morgan fingerprint density at radius 1 is 1.50 bits per heavy atom. The summed E-state index contributed by atoms with van der Waals surface area (Å²) in [6.07, 6.45) is 3.49. The molecular weight excluding hydrogens is 202 g/mol. The summed E-state index contributed by atoms with van der Waals surface area (Å²) in [5.74, 6) is 11.3. The van der Waals surface area contributed by atoms with E-state index in [0.29, 0.717) is 6.54 Å². The molecule has 0 unspecified atom stereocenters. The number of allylic oxidation sites excluding steroid dienone is 1. The quantitative estimate of drug-likeness (QED) is 0.316. The van der Waals surface area contributed by atoms with Crippen LogP contribution in [-0.4, -0.2) is 31.1 Å². The van der Waals surface area contributed by atoms with E-state index in [-0.39, 0.29) is 17.9 Å². The van der Waals surface area contributed by atoms with Gasteiger partial charge in [-0.25, -0.2) is 5.84 Å². The van der Waals surface area contributed by atoms with Crippen molar-refractivity contribution in [2.24, 2.45) is 11.3 Å². The van der Waals surface area contributed by atoms with Crippen LogP contribution in [0, 0.1) is 17.3 Å². The molecule has 0 rings (SSSR count). The summed E-state index contributed by atoms with van der Waals surface area (Å²) >= 11 is 0. The molecular formula is C12H21N3O. The van der Waals surface area contributed by atoms with E-state index in [9.17, 15) is 4.79 Å². The molecule has 0 atom stereocenters. The fourth-order valence-corrected chi connectivity index (χ4v) is 0.838. The lowest BCUT2D eigenvalue weighted by Crippen LogP contribution is -2.42. The zero-order valence-corrected chi connectivity index (χ0v) is 10.5. The predicted molar refractivity (Wildman–Crippen MR) is 66.2 cm³/mol. The van der Waals surface area contributed by atoms with Gasteiger partial charge in [0.2, 0.25) is 0 Å². The minimum absolute atomic E-state index is 0.00527. The number of carbonyl (C=O) groups excluding carboxylic acids is 1. The van der Waals surface area contributed by atoms with Gasteiger partial charge in [-0.15, -0.1) is 0 Å². The maximum atomic E-state index is 11.2. The van der Waals surface area contributed by atoms with Crippen LogP contribution in [0.25, 0.3) is 0 Å². The summed E-state index contributed by atoms with van der Waals surface area (Å²) in [6.45, 7) is 6.75. The van der Waals surface area contributed by atoms with E-state index < -0.39 is 0 Å². The van der Waals surface area contributed by atoms with Crippen LogP contribution in [0.1, 0.15) is 20.8 Å². The van der Waals surface area contributed by atoms with E-state index in [1.54, 1.807) is 19.2 Å². The fraction of sp³-hybridized carbons (Fsp3) is 0.583. The van der Waals surface area contributed by atoms with E-state index in [0.717, 1.165) is 5.01 Å². The monoisotopic (exact) mass is 223 g/mol. The molecule has 4 heteroatoms. The molecule has 0 aliphatic carbocycles. The maximum Gasteiger partial charge on any atom is 0.250 e. The van der Waals surface area contributed by atoms with Crippen molar-refractivity contribution < 1.29 is 4.79 Å². The fourth-order valence-electron chi connectivity index (χ4n) is 0.838. The van der Waals surface area contributed by atoms with Gasteiger partial charge in [-0.2, -0.15) is 0 Å². The largest absolute Gasteiger partial charge is 0.311 e. The topological polar surface area (TPSA) is 58.4 Å². The highest BCUT2D eigenvalue weighted by atomic mass is 16.2. The Balaban J connectivity index is 4.00. The van der Waals surface area contributed by atoms with Gasteiger partial charge in [0.15, 0.2) is 0 Å². The number of amides is 1. The molecule has 0 aliphatic rings. The molecule has 0 bridgehead atoms. The number of rotatable bonds is 4.